The van der Waals surface area contributed by atoms with Crippen LogP contribution in [0.3, 0.4) is 0 Å². The molecule has 1 aliphatic heterocycles. The Morgan fingerprint density at radius 1 is 1.20 bits per heavy atom. The smallest absolute Gasteiger partial charge is 0.0269 e. The molecule has 0 spiro atoms. The molecule has 1 saturated heterocycles. The van der Waals surface area contributed by atoms with E-state index in [0.29, 0.717) is 17.5 Å². The maximum absolute atomic E-state index is 3.75. The van der Waals surface area contributed by atoms with E-state index in [9.17, 15) is 0 Å². The third-order valence-electron chi connectivity index (χ3n) is 5.02. The maximum atomic E-state index is 3.75. The van der Waals surface area contributed by atoms with Crippen molar-refractivity contribution in [3.63, 3.8) is 0 Å². The summed E-state index contributed by atoms with van der Waals surface area (Å²) in [6.07, 6.45) is 6.71. The van der Waals surface area contributed by atoms with Gasteiger partial charge in [-0.3, -0.25) is 4.90 Å². The first-order valence-corrected chi connectivity index (χ1v) is 8.89. The highest BCUT2D eigenvalue weighted by atomic mass is 15.2. The standard InChI is InChI=1S/C18H38N2/c1-7-10-11-15(8-2)13-20-14-16(9-3)19-12-17(20)18(4,5)6/h15-17,19H,7-14H2,1-6H3. The van der Waals surface area contributed by atoms with Crippen molar-refractivity contribution in [1.82, 2.24) is 10.2 Å². The minimum absolute atomic E-state index is 0.370. The van der Waals surface area contributed by atoms with E-state index in [4.69, 9.17) is 0 Å². The van der Waals surface area contributed by atoms with E-state index in [0.717, 1.165) is 12.5 Å². The van der Waals surface area contributed by atoms with Crippen molar-refractivity contribution in [3.05, 3.63) is 0 Å². The zero-order valence-corrected chi connectivity index (χ0v) is 14.8. The van der Waals surface area contributed by atoms with Crippen LogP contribution in [0.2, 0.25) is 0 Å². The minimum Gasteiger partial charge on any atom is -0.311 e. The first-order valence-electron chi connectivity index (χ1n) is 8.89. The molecular formula is C18H38N2. The van der Waals surface area contributed by atoms with Crippen LogP contribution in [0.25, 0.3) is 0 Å². The fourth-order valence-electron chi connectivity index (χ4n) is 3.46. The van der Waals surface area contributed by atoms with Crippen LogP contribution in [-0.4, -0.2) is 36.6 Å². The average molecular weight is 283 g/mol. The minimum atomic E-state index is 0.370. The van der Waals surface area contributed by atoms with E-state index in [-0.39, 0.29) is 0 Å². The second kappa shape index (κ2) is 8.38. The van der Waals surface area contributed by atoms with Crippen molar-refractivity contribution in [2.45, 2.75) is 85.7 Å². The van der Waals surface area contributed by atoms with Crippen LogP contribution in [0.5, 0.6) is 0 Å². The summed E-state index contributed by atoms with van der Waals surface area (Å²) >= 11 is 0. The van der Waals surface area contributed by atoms with Gasteiger partial charge in [0, 0.05) is 31.7 Å². The van der Waals surface area contributed by atoms with Crippen molar-refractivity contribution in [2.75, 3.05) is 19.6 Å². The van der Waals surface area contributed by atoms with Gasteiger partial charge in [-0.05, 0) is 24.2 Å². The van der Waals surface area contributed by atoms with Crippen molar-refractivity contribution < 1.29 is 0 Å². The summed E-state index contributed by atoms with van der Waals surface area (Å²) in [4.78, 5) is 2.80. The molecule has 2 nitrogen and oxygen atoms in total. The Balaban J connectivity index is 2.67. The number of nitrogens with one attached hydrogen (secondary N) is 1. The summed E-state index contributed by atoms with van der Waals surface area (Å²) in [6.45, 7) is 17.9. The molecule has 0 aromatic carbocycles. The summed E-state index contributed by atoms with van der Waals surface area (Å²) in [6, 6.07) is 1.37. The zero-order valence-electron chi connectivity index (χ0n) is 14.8. The predicted molar refractivity (Wildman–Crippen MR) is 90.2 cm³/mol. The second-order valence-electron chi connectivity index (χ2n) is 7.77. The van der Waals surface area contributed by atoms with Crippen LogP contribution in [0.15, 0.2) is 0 Å². The molecule has 0 aromatic rings. The molecule has 120 valence electrons. The molecule has 0 amide bonds. The molecule has 2 heteroatoms. The molecule has 3 atom stereocenters. The number of nitrogens with zero attached hydrogens (tertiary/aromatic N) is 1. The lowest BCUT2D eigenvalue weighted by Gasteiger charge is -2.47. The third kappa shape index (κ3) is 5.37. The molecule has 1 N–H and O–H groups in total. The SMILES string of the molecule is CCCCC(CC)CN1CC(CC)NCC1C(C)(C)C. The molecule has 1 aliphatic rings. The lowest BCUT2D eigenvalue weighted by Crippen LogP contribution is -2.61. The lowest BCUT2D eigenvalue weighted by molar-refractivity contribution is 0.0401. The Morgan fingerprint density at radius 2 is 1.90 bits per heavy atom. The molecule has 20 heavy (non-hydrogen) atoms. The van der Waals surface area contributed by atoms with E-state index >= 15 is 0 Å². The number of hydrogen-bond acceptors (Lipinski definition) is 2. The summed E-state index contributed by atoms with van der Waals surface area (Å²) in [5.41, 5.74) is 0.370. The van der Waals surface area contributed by atoms with Crippen LogP contribution < -0.4 is 5.32 Å². The highest BCUT2D eigenvalue weighted by Crippen LogP contribution is 2.28. The summed E-state index contributed by atoms with van der Waals surface area (Å²) in [7, 11) is 0. The van der Waals surface area contributed by atoms with Crippen molar-refractivity contribution in [3.8, 4) is 0 Å². The normalized spacial score (nSPS) is 26.7. The largest absolute Gasteiger partial charge is 0.311 e. The van der Waals surface area contributed by atoms with E-state index in [1.54, 1.807) is 0 Å². The molecular weight excluding hydrogens is 244 g/mol. The summed E-state index contributed by atoms with van der Waals surface area (Å²) < 4.78 is 0. The van der Waals surface area contributed by atoms with Gasteiger partial charge in [0.25, 0.3) is 0 Å². The van der Waals surface area contributed by atoms with Gasteiger partial charge in [0.2, 0.25) is 0 Å². The Morgan fingerprint density at radius 3 is 2.40 bits per heavy atom. The second-order valence-corrected chi connectivity index (χ2v) is 7.77. The van der Waals surface area contributed by atoms with E-state index in [2.05, 4.69) is 51.8 Å². The highest BCUT2D eigenvalue weighted by molar-refractivity contribution is 4.92. The summed E-state index contributed by atoms with van der Waals surface area (Å²) in [5, 5.41) is 3.75. The van der Waals surface area contributed by atoms with Gasteiger partial charge < -0.3 is 5.32 Å². The number of hydrogen-bond donors (Lipinski definition) is 1. The third-order valence-corrected chi connectivity index (χ3v) is 5.02. The predicted octanol–water partition coefficient (Wildman–Crippen LogP) is 4.30. The quantitative estimate of drug-likeness (QED) is 0.749. The van der Waals surface area contributed by atoms with Crippen molar-refractivity contribution in [1.29, 1.82) is 0 Å². The number of piperazine rings is 1. The van der Waals surface area contributed by atoms with Crippen LogP contribution >= 0.6 is 0 Å². The van der Waals surface area contributed by atoms with Crippen LogP contribution in [0.1, 0.15) is 73.6 Å². The molecule has 1 fully saturated rings. The monoisotopic (exact) mass is 282 g/mol. The number of rotatable bonds is 7. The summed E-state index contributed by atoms with van der Waals surface area (Å²) in [5.74, 6) is 0.885. The van der Waals surface area contributed by atoms with Crippen LogP contribution in [0.4, 0.5) is 0 Å². The van der Waals surface area contributed by atoms with Gasteiger partial charge in [0.1, 0.15) is 0 Å². The molecule has 0 bridgehead atoms. The molecule has 3 unspecified atom stereocenters. The first-order chi connectivity index (χ1) is 9.42. The maximum Gasteiger partial charge on any atom is 0.0269 e. The van der Waals surface area contributed by atoms with Gasteiger partial charge in [-0.15, -0.1) is 0 Å². The average Bonchev–Trinajstić information content (AvgIpc) is 2.41. The van der Waals surface area contributed by atoms with Gasteiger partial charge in [-0.25, -0.2) is 0 Å². The van der Waals surface area contributed by atoms with Crippen LogP contribution in [-0.2, 0) is 0 Å². The molecule has 0 saturated carbocycles. The van der Waals surface area contributed by atoms with Gasteiger partial charge in [0.05, 0.1) is 0 Å². The Bertz CT molecular complexity index is 257. The zero-order chi connectivity index (χ0) is 15.2. The van der Waals surface area contributed by atoms with Gasteiger partial charge in [0.15, 0.2) is 0 Å². The Kier molecular flexibility index (Phi) is 7.53. The van der Waals surface area contributed by atoms with E-state index in [1.807, 2.05) is 0 Å². The fourth-order valence-corrected chi connectivity index (χ4v) is 3.46. The fraction of sp³-hybridized carbons (Fsp3) is 1.00. The molecule has 0 radical (unpaired) electrons. The topological polar surface area (TPSA) is 15.3 Å². The van der Waals surface area contributed by atoms with Gasteiger partial charge >= 0.3 is 0 Å². The highest BCUT2D eigenvalue weighted by Gasteiger charge is 2.35. The Hall–Kier alpha value is -0.0800. The molecule has 1 heterocycles. The first kappa shape index (κ1) is 18.0. The molecule has 1 rings (SSSR count). The lowest BCUT2D eigenvalue weighted by atomic mass is 9.83. The van der Waals surface area contributed by atoms with E-state index < -0.39 is 0 Å². The van der Waals surface area contributed by atoms with Gasteiger partial charge in [-0.2, -0.15) is 0 Å². The molecule has 0 aliphatic carbocycles. The van der Waals surface area contributed by atoms with E-state index in [1.165, 1.54) is 45.2 Å². The van der Waals surface area contributed by atoms with Crippen molar-refractivity contribution >= 4 is 0 Å². The van der Waals surface area contributed by atoms with Crippen LogP contribution in [0, 0.1) is 11.3 Å². The van der Waals surface area contributed by atoms with Crippen molar-refractivity contribution in [2.24, 2.45) is 11.3 Å². The van der Waals surface area contributed by atoms with Gasteiger partial charge in [-0.1, -0.05) is 60.8 Å². The Labute approximate surface area is 127 Å². The number of unbranched alkanes of at least 4 members (excludes halogenated alkanes) is 1. The molecule has 0 aromatic heterocycles.